The molecule has 0 saturated carbocycles. The molecule has 2 rings (SSSR count). The van der Waals surface area contributed by atoms with Crippen molar-refractivity contribution in [3.05, 3.63) is 64.1 Å². The Hall–Kier alpha value is -2.24. The van der Waals surface area contributed by atoms with Crippen LogP contribution in [-0.4, -0.2) is 17.9 Å². The zero-order valence-corrected chi connectivity index (χ0v) is 13.7. The molecule has 23 heavy (non-hydrogen) atoms. The summed E-state index contributed by atoms with van der Waals surface area (Å²) in [6, 6.07) is 13.6. The van der Waals surface area contributed by atoms with Crippen molar-refractivity contribution in [3.63, 3.8) is 0 Å². The summed E-state index contributed by atoms with van der Waals surface area (Å²) in [7, 11) is 0. The van der Waals surface area contributed by atoms with Gasteiger partial charge < -0.3 is 15.3 Å². The number of amidine groups is 1. The number of carbonyl (C=O) groups excluding carboxylic acids is 1. The molecule has 2 aromatic rings. The fourth-order valence-electron chi connectivity index (χ4n) is 1.64. The molecule has 120 valence electrons. The van der Waals surface area contributed by atoms with E-state index in [4.69, 9.17) is 38.5 Å². The third-order valence-corrected chi connectivity index (χ3v) is 3.36. The molecule has 0 aliphatic heterocycles. The third-order valence-electron chi connectivity index (χ3n) is 2.83. The van der Waals surface area contributed by atoms with Crippen molar-refractivity contribution in [1.82, 2.24) is 0 Å². The number of nitrogens with two attached hydrogens (primary N) is 1. The molecule has 2 N–H and O–H groups in total. The van der Waals surface area contributed by atoms with Crippen molar-refractivity contribution >= 4 is 35.0 Å². The predicted molar refractivity (Wildman–Crippen MR) is 89.8 cm³/mol. The van der Waals surface area contributed by atoms with Crippen LogP contribution in [0.25, 0.3) is 0 Å². The highest BCUT2D eigenvalue weighted by Crippen LogP contribution is 2.28. The zero-order valence-electron chi connectivity index (χ0n) is 12.2. The van der Waals surface area contributed by atoms with Gasteiger partial charge in [-0.1, -0.05) is 58.7 Å². The second-order valence-corrected chi connectivity index (χ2v) is 5.43. The fourth-order valence-corrected chi connectivity index (χ4v) is 2.09. The number of hydrogen-bond donors (Lipinski definition) is 1. The van der Waals surface area contributed by atoms with Gasteiger partial charge in [0.25, 0.3) is 0 Å². The first-order valence-corrected chi connectivity index (χ1v) is 7.44. The number of halogens is 2. The Kier molecular flexibility index (Phi) is 5.84. The zero-order chi connectivity index (χ0) is 16.8. The second kappa shape index (κ2) is 7.85. The molecule has 0 aromatic heterocycles. The first-order chi connectivity index (χ1) is 11.0. The van der Waals surface area contributed by atoms with Gasteiger partial charge in [0.05, 0.1) is 5.02 Å². The number of hydrogen-bond acceptors (Lipinski definition) is 4. The van der Waals surface area contributed by atoms with Crippen LogP contribution in [0.15, 0.2) is 53.7 Å². The monoisotopic (exact) mass is 352 g/mol. The Labute approximate surface area is 143 Å². The standard InChI is InChI=1S/C16H14Cl2N2O3/c1-10(22-14-8-7-12(17)9-13(14)18)16(21)23-20-15(19)11-5-3-2-4-6-11/h2-10H,1H3,(H2,19,20)/t10-/m1/s1. The summed E-state index contributed by atoms with van der Waals surface area (Å²) in [5.74, 6) is -0.286. The van der Waals surface area contributed by atoms with Crippen LogP contribution in [0.4, 0.5) is 0 Å². The van der Waals surface area contributed by atoms with Crippen LogP contribution >= 0.6 is 23.2 Å². The van der Waals surface area contributed by atoms with Crippen LogP contribution in [0.5, 0.6) is 5.75 Å². The number of oxime groups is 1. The molecular weight excluding hydrogens is 339 g/mol. The Bertz CT molecular complexity index is 721. The molecule has 0 heterocycles. The molecule has 0 aliphatic rings. The molecule has 5 nitrogen and oxygen atoms in total. The van der Waals surface area contributed by atoms with Gasteiger partial charge >= 0.3 is 5.97 Å². The number of ether oxygens (including phenoxy) is 1. The van der Waals surface area contributed by atoms with Gasteiger partial charge in [0.2, 0.25) is 0 Å². The lowest BCUT2D eigenvalue weighted by Crippen LogP contribution is -2.26. The molecule has 0 spiro atoms. The maximum Gasteiger partial charge on any atom is 0.374 e. The number of benzene rings is 2. The Balaban J connectivity index is 1.97. The van der Waals surface area contributed by atoms with E-state index in [0.717, 1.165) is 0 Å². The first-order valence-electron chi connectivity index (χ1n) is 6.69. The minimum Gasteiger partial charge on any atom is -0.477 e. The number of nitrogens with zero attached hydrogens (tertiary/aromatic N) is 1. The Morgan fingerprint density at radius 3 is 2.52 bits per heavy atom. The lowest BCUT2D eigenvalue weighted by Gasteiger charge is -2.13. The van der Waals surface area contributed by atoms with Gasteiger partial charge in [0.15, 0.2) is 11.9 Å². The van der Waals surface area contributed by atoms with E-state index in [9.17, 15) is 4.79 Å². The van der Waals surface area contributed by atoms with Gasteiger partial charge in [-0.15, -0.1) is 0 Å². The van der Waals surface area contributed by atoms with Crippen LogP contribution in [0.2, 0.25) is 10.0 Å². The molecule has 2 aromatic carbocycles. The van der Waals surface area contributed by atoms with E-state index >= 15 is 0 Å². The van der Waals surface area contributed by atoms with Gasteiger partial charge in [-0.3, -0.25) is 0 Å². The fraction of sp³-hybridized carbons (Fsp3) is 0.125. The van der Waals surface area contributed by atoms with Crippen LogP contribution in [0, 0.1) is 0 Å². The highest BCUT2D eigenvalue weighted by atomic mass is 35.5. The highest BCUT2D eigenvalue weighted by Gasteiger charge is 2.18. The SMILES string of the molecule is C[C@@H](Oc1ccc(Cl)cc1Cl)C(=O)O/N=C(/N)c1ccccc1. The minimum atomic E-state index is -0.916. The first kappa shape index (κ1) is 17.1. The van der Waals surface area contributed by atoms with Gasteiger partial charge in [0.1, 0.15) is 5.75 Å². The maximum absolute atomic E-state index is 11.9. The molecule has 0 saturated heterocycles. The van der Waals surface area contributed by atoms with E-state index in [-0.39, 0.29) is 5.84 Å². The van der Waals surface area contributed by atoms with Gasteiger partial charge in [-0.05, 0) is 25.1 Å². The van der Waals surface area contributed by atoms with Crippen LogP contribution in [0.3, 0.4) is 0 Å². The summed E-state index contributed by atoms with van der Waals surface area (Å²) in [6.45, 7) is 1.52. The normalized spacial score (nSPS) is 12.6. The number of carbonyl (C=O) groups is 1. The summed E-state index contributed by atoms with van der Waals surface area (Å²) in [4.78, 5) is 16.7. The Morgan fingerprint density at radius 2 is 1.87 bits per heavy atom. The molecule has 0 radical (unpaired) electrons. The average Bonchev–Trinajstić information content (AvgIpc) is 2.55. The van der Waals surface area contributed by atoms with Crippen molar-refractivity contribution < 1.29 is 14.4 Å². The lowest BCUT2D eigenvalue weighted by atomic mass is 10.2. The molecule has 0 unspecified atom stereocenters. The van der Waals surface area contributed by atoms with E-state index in [1.807, 2.05) is 6.07 Å². The molecule has 0 aliphatic carbocycles. The van der Waals surface area contributed by atoms with Gasteiger partial charge in [0, 0.05) is 10.6 Å². The summed E-state index contributed by atoms with van der Waals surface area (Å²) < 4.78 is 5.42. The maximum atomic E-state index is 11.9. The quantitative estimate of drug-likeness (QED) is 0.386. The summed E-state index contributed by atoms with van der Waals surface area (Å²) in [5, 5.41) is 4.37. The van der Waals surface area contributed by atoms with Crippen LogP contribution in [0.1, 0.15) is 12.5 Å². The topological polar surface area (TPSA) is 73.9 Å². The molecule has 1 atom stereocenters. The van der Waals surface area contributed by atoms with Gasteiger partial charge in [-0.2, -0.15) is 0 Å². The average molecular weight is 353 g/mol. The van der Waals surface area contributed by atoms with Crippen molar-refractivity contribution in [3.8, 4) is 5.75 Å². The van der Waals surface area contributed by atoms with Gasteiger partial charge in [-0.25, -0.2) is 4.79 Å². The van der Waals surface area contributed by atoms with E-state index in [1.165, 1.54) is 13.0 Å². The predicted octanol–water partition coefficient (Wildman–Crippen LogP) is 3.62. The van der Waals surface area contributed by atoms with E-state index in [2.05, 4.69) is 5.16 Å². The van der Waals surface area contributed by atoms with E-state index in [0.29, 0.717) is 21.4 Å². The molecule has 0 bridgehead atoms. The molecule has 7 heteroatoms. The van der Waals surface area contributed by atoms with Crippen LogP contribution < -0.4 is 10.5 Å². The summed E-state index contributed by atoms with van der Waals surface area (Å²) in [5.41, 5.74) is 6.38. The largest absolute Gasteiger partial charge is 0.477 e. The van der Waals surface area contributed by atoms with Crippen molar-refractivity contribution in [2.45, 2.75) is 13.0 Å². The van der Waals surface area contributed by atoms with Crippen LogP contribution in [-0.2, 0) is 9.63 Å². The van der Waals surface area contributed by atoms with Crippen molar-refractivity contribution in [1.29, 1.82) is 0 Å². The van der Waals surface area contributed by atoms with Crippen molar-refractivity contribution in [2.75, 3.05) is 0 Å². The minimum absolute atomic E-state index is 0.0932. The molecular formula is C16H14Cl2N2O3. The second-order valence-electron chi connectivity index (χ2n) is 4.59. The smallest absolute Gasteiger partial charge is 0.374 e. The summed E-state index contributed by atoms with van der Waals surface area (Å²) in [6.07, 6.45) is -0.916. The van der Waals surface area contributed by atoms with E-state index in [1.54, 1.807) is 36.4 Å². The number of rotatable bonds is 5. The third kappa shape index (κ3) is 4.87. The Morgan fingerprint density at radius 1 is 1.17 bits per heavy atom. The highest BCUT2D eigenvalue weighted by molar-refractivity contribution is 6.35. The lowest BCUT2D eigenvalue weighted by molar-refractivity contribution is -0.151. The van der Waals surface area contributed by atoms with Crippen molar-refractivity contribution in [2.24, 2.45) is 10.9 Å². The summed E-state index contributed by atoms with van der Waals surface area (Å²) >= 11 is 11.8. The molecule has 0 fully saturated rings. The van der Waals surface area contributed by atoms with E-state index < -0.39 is 12.1 Å². The molecule has 0 amide bonds.